The van der Waals surface area contributed by atoms with E-state index in [-0.39, 0.29) is 5.92 Å². The summed E-state index contributed by atoms with van der Waals surface area (Å²) in [5.74, 6) is -1.74. The zero-order valence-electron chi connectivity index (χ0n) is 18.9. The van der Waals surface area contributed by atoms with E-state index < -0.39 is 11.9 Å². The molecule has 2 heteroatoms. The van der Waals surface area contributed by atoms with Gasteiger partial charge in [0.2, 0.25) is 0 Å². The van der Waals surface area contributed by atoms with Crippen molar-refractivity contribution >= 4 is 49.1 Å². The first-order valence-corrected chi connectivity index (χ1v) is 11.7. The molecule has 0 spiro atoms. The molecule has 164 valence electrons. The highest BCUT2D eigenvalue weighted by molar-refractivity contribution is 6.07. The Morgan fingerprint density at radius 3 is 1.15 bits per heavy atom. The van der Waals surface area contributed by atoms with Crippen LogP contribution in [0.3, 0.4) is 0 Å². The van der Waals surface area contributed by atoms with Gasteiger partial charge in [-0.25, -0.2) is 0 Å². The van der Waals surface area contributed by atoms with Crippen molar-refractivity contribution < 1.29 is 9.90 Å². The van der Waals surface area contributed by atoms with Crippen LogP contribution in [0, 0.1) is 5.92 Å². The van der Waals surface area contributed by atoms with Crippen molar-refractivity contribution in [2.75, 3.05) is 0 Å². The molecule has 0 saturated carbocycles. The van der Waals surface area contributed by atoms with Crippen molar-refractivity contribution in [3.05, 3.63) is 120 Å². The van der Waals surface area contributed by atoms with Gasteiger partial charge < -0.3 is 5.11 Å². The van der Waals surface area contributed by atoms with Crippen LogP contribution in [-0.2, 0) is 4.79 Å². The summed E-state index contributed by atoms with van der Waals surface area (Å²) in [6, 6.07) is 37.8. The third kappa shape index (κ3) is 3.14. The lowest BCUT2D eigenvalue weighted by Crippen LogP contribution is -2.21. The van der Waals surface area contributed by atoms with Gasteiger partial charge >= 0.3 is 5.97 Å². The molecule has 0 radical (unpaired) electrons. The molecule has 0 aromatic heterocycles. The fourth-order valence-corrected chi connectivity index (χ4v) is 5.55. The molecule has 6 rings (SSSR count). The maximum Gasteiger partial charge on any atom is 0.307 e. The second-order valence-corrected chi connectivity index (χ2v) is 9.07. The molecule has 6 aromatic carbocycles. The minimum atomic E-state index is -0.793. The second kappa shape index (κ2) is 8.00. The van der Waals surface area contributed by atoms with Gasteiger partial charge in [-0.3, -0.25) is 4.79 Å². The number of rotatable bonds is 4. The molecule has 0 aliphatic heterocycles. The summed E-state index contributed by atoms with van der Waals surface area (Å²) in [6.07, 6.45) is 0. The van der Waals surface area contributed by atoms with Crippen LogP contribution in [0.4, 0.5) is 0 Å². The average molecular weight is 441 g/mol. The Labute approximate surface area is 198 Å². The van der Waals surface area contributed by atoms with Gasteiger partial charge in [-0.15, -0.1) is 0 Å². The third-order valence-corrected chi connectivity index (χ3v) is 7.14. The molecule has 1 unspecified atom stereocenters. The largest absolute Gasteiger partial charge is 0.481 e. The van der Waals surface area contributed by atoms with Gasteiger partial charge in [0.1, 0.15) is 0 Å². The molecule has 6 aromatic rings. The normalized spacial score (nSPS) is 12.6. The van der Waals surface area contributed by atoms with Crippen molar-refractivity contribution in [2.24, 2.45) is 5.92 Å². The van der Waals surface area contributed by atoms with E-state index in [1.165, 1.54) is 0 Å². The molecule has 1 N–H and O–H groups in total. The standard InChI is InChI=1S/C32H24O2/c1-20(32(33)34)29(30-25-14-6-2-10-21(25)18-22-11-3-7-15-26(22)30)31-27-16-8-4-12-23(27)19-24-13-5-9-17-28(24)31/h2-20,29H,1H3,(H,33,34). The first-order chi connectivity index (χ1) is 16.6. The smallest absolute Gasteiger partial charge is 0.307 e. The Morgan fingerprint density at radius 1 is 0.559 bits per heavy atom. The summed E-state index contributed by atoms with van der Waals surface area (Å²) in [6.45, 7) is 1.85. The maximum atomic E-state index is 12.6. The molecule has 0 fully saturated rings. The van der Waals surface area contributed by atoms with E-state index >= 15 is 0 Å². The zero-order chi connectivity index (χ0) is 23.2. The van der Waals surface area contributed by atoms with Gasteiger partial charge in [-0.05, 0) is 66.3 Å². The average Bonchev–Trinajstić information content (AvgIpc) is 2.87. The Hall–Kier alpha value is -4.17. The first kappa shape index (κ1) is 20.4. The lowest BCUT2D eigenvalue weighted by atomic mass is 9.74. The van der Waals surface area contributed by atoms with Crippen molar-refractivity contribution in [3.8, 4) is 0 Å². The molecule has 0 saturated heterocycles. The second-order valence-electron chi connectivity index (χ2n) is 9.07. The van der Waals surface area contributed by atoms with Crippen LogP contribution < -0.4 is 0 Å². The first-order valence-electron chi connectivity index (χ1n) is 11.7. The van der Waals surface area contributed by atoms with Crippen molar-refractivity contribution in [3.63, 3.8) is 0 Å². The molecule has 0 bridgehead atoms. The number of carboxylic acids is 1. The molecule has 0 amide bonds. The Kier molecular flexibility index (Phi) is 4.81. The molecule has 1 atom stereocenters. The number of hydrogen-bond donors (Lipinski definition) is 1. The summed E-state index contributed by atoms with van der Waals surface area (Å²) in [4.78, 5) is 12.6. The third-order valence-electron chi connectivity index (χ3n) is 7.14. The number of aliphatic carboxylic acids is 1. The fraction of sp³-hybridized carbons (Fsp3) is 0.0938. The topological polar surface area (TPSA) is 37.3 Å². The van der Waals surface area contributed by atoms with Gasteiger partial charge in [0.25, 0.3) is 0 Å². The Morgan fingerprint density at radius 2 is 0.853 bits per heavy atom. The van der Waals surface area contributed by atoms with E-state index in [2.05, 4.69) is 60.7 Å². The predicted octanol–water partition coefficient (Wildman–Crippen LogP) is 8.15. The SMILES string of the molecule is CC(C(=O)O)C(c1c2ccccc2cc2ccccc12)c1c2ccccc2cc2ccccc12. The van der Waals surface area contributed by atoms with Crippen LogP contribution in [0.5, 0.6) is 0 Å². The molecule has 0 heterocycles. The van der Waals surface area contributed by atoms with E-state index in [1.54, 1.807) is 0 Å². The van der Waals surface area contributed by atoms with Crippen LogP contribution in [-0.4, -0.2) is 11.1 Å². The monoisotopic (exact) mass is 440 g/mol. The Bertz CT molecular complexity index is 1490. The molecule has 0 aliphatic carbocycles. The van der Waals surface area contributed by atoms with Crippen LogP contribution in [0.25, 0.3) is 43.1 Å². The molecule has 2 nitrogen and oxygen atoms in total. The Balaban J connectivity index is 1.84. The van der Waals surface area contributed by atoms with E-state index in [4.69, 9.17) is 0 Å². The zero-order valence-corrected chi connectivity index (χ0v) is 18.9. The van der Waals surface area contributed by atoms with E-state index in [0.717, 1.165) is 54.2 Å². The lowest BCUT2D eigenvalue weighted by molar-refractivity contribution is -0.141. The van der Waals surface area contributed by atoms with Crippen LogP contribution in [0.1, 0.15) is 24.0 Å². The fourth-order valence-electron chi connectivity index (χ4n) is 5.55. The summed E-state index contributed by atoms with van der Waals surface area (Å²) >= 11 is 0. The van der Waals surface area contributed by atoms with Gasteiger partial charge in [-0.2, -0.15) is 0 Å². The number of hydrogen-bond acceptors (Lipinski definition) is 1. The van der Waals surface area contributed by atoms with E-state index in [1.807, 2.05) is 55.5 Å². The van der Waals surface area contributed by atoms with Gasteiger partial charge in [0.15, 0.2) is 0 Å². The van der Waals surface area contributed by atoms with Crippen molar-refractivity contribution in [1.82, 2.24) is 0 Å². The highest BCUT2D eigenvalue weighted by Gasteiger charge is 2.32. The van der Waals surface area contributed by atoms with E-state index in [9.17, 15) is 9.90 Å². The predicted molar refractivity (Wildman–Crippen MR) is 142 cm³/mol. The quantitative estimate of drug-likeness (QED) is 0.281. The van der Waals surface area contributed by atoms with E-state index in [0.29, 0.717) is 0 Å². The summed E-state index contributed by atoms with van der Waals surface area (Å²) in [5.41, 5.74) is 2.18. The number of fused-ring (bicyclic) bond motifs is 4. The highest BCUT2D eigenvalue weighted by Crippen LogP contribution is 2.45. The van der Waals surface area contributed by atoms with Crippen LogP contribution >= 0.6 is 0 Å². The highest BCUT2D eigenvalue weighted by atomic mass is 16.4. The number of carbonyl (C=O) groups is 1. The minimum absolute atomic E-state index is 0.329. The lowest BCUT2D eigenvalue weighted by Gasteiger charge is -2.28. The number of benzene rings is 6. The van der Waals surface area contributed by atoms with Crippen LogP contribution in [0.15, 0.2) is 109 Å². The summed E-state index contributed by atoms with van der Waals surface area (Å²) in [5, 5.41) is 19.3. The molecular formula is C32H24O2. The molecular weight excluding hydrogens is 416 g/mol. The van der Waals surface area contributed by atoms with Crippen LogP contribution in [0.2, 0.25) is 0 Å². The maximum absolute atomic E-state index is 12.6. The summed E-state index contributed by atoms with van der Waals surface area (Å²) < 4.78 is 0. The summed E-state index contributed by atoms with van der Waals surface area (Å²) in [7, 11) is 0. The van der Waals surface area contributed by atoms with Crippen molar-refractivity contribution in [1.29, 1.82) is 0 Å². The van der Waals surface area contributed by atoms with Gasteiger partial charge in [0, 0.05) is 5.92 Å². The van der Waals surface area contributed by atoms with Gasteiger partial charge in [0.05, 0.1) is 5.92 Å². The van der Waals surface area contributed by atoms with Gasteiger partial charge in [-0.1, -0.05) is 104 Å². The molecule has 34 heavy (non-hydrogen) atoms. The van der Waals surface area contributed by atoms with Crippen molar-refractivity contribution in [2.45, 2.75) is 12.8 Å². The minimum Gasteiger partial charge on any atom is -0.481 e. The molecule has 0 aliphatic rings. The number of carboxylic acid groups (broad SMARTS) is 1.